The molecular weight excluding hydrogens is 368 g/mol. The zero-order chi connectivity index (χ0) is 20.2. The lowest BCUT2D eigenvalue weighted by atomic mass is 9.53. The zero-order valence-corrected chi connectivity index (χ0v) is 16.8. The summed E-state index contributed by atoms with van der Waals surface area (Å²) in [5.74, 6) is 1.80. The number of rotatable bonds is 3. The van der Waals surface area contributed by atoms with Crippen molar-refractivity contribution >= 4 is 11.9 Å². The normalized spacial score (nSPS) is 37.4. The molecule has 6 rings (SSSR count). The van der Waals surface area contributed by atoms with Gasteiger partial charge in [0.05, 0.1) is 11.2 Å². The van der Waals surface area contributed by atoms with Crippen LogP contribution in [0.5, 0.6) is 0 Å². The second kappa shape index (κ2) is 6.88. The number of aryl methyl sites for hydroxylation is 1. The number of nitrogens with zero attached hydrogens (tertiary/aromatic N) is 3. The average Bonchev–Trinajstić information content (AvgIpc) is 3.12. The number of likely N-dealkylation sites (tertiary alicyclic amines) is 1. The summed E-state index contributed by atoms with van der Waals surface area (Å²) in [5, 5.41) is 23.3. The van der Waals surface area contributed by atoms with Crippen LogP contribution in [0.2, 0.25) is 0 Å². The number of carbonyl (C=O) groups is 1. The van der Waals surface area contributed by atoms with Crippen molar-refractivity contribution in [3.63, 3.8) is 0 Å². The summed E-state index contributed by atoms with van der Waals surface area (Å²) in [6.45, 7) is 3.08. The van der Waals surface area contributed by atoms with E-state index in [1.54, 1.807) is 11.0 Å². The molecule has 4 aliphatic carbocycles. The third kappa shape index (κ3) is 3.44. The molecule has 1 aromatic rings. The van der Waals surface area contributed by atoms with Crippen molar-refractivity contribution in [2.75, 3.05) is 18.4 Å². The number of ether oxygens (including phenoxy) is 1. The van der Waals surface area contributed by atoms with Crippen LogP contribution in [0.4, 0.5) is 10.6 Å². The molecule has 5 fully saturated rings. The highest BCUT2D eigenvalue weighted by molar-refractivity contribution is 5.68. The second-order valence-corrected chi connectivity index (χ2v) is 9.58. The van der Waals surface area contributed by atoms with Gasteiger partial charge < -0.3 is 20.1 Å². The van der Waals surface area contributed by atoms with Crippen molar-refractivity contribution in [2.45, 2.75) is 63.2 Å². The third-order valence-corrected chi connectivity index (χ3v) is 7.33. The molecule has 7 heteroatoms. The largest absolute Gasteiger partial charge is 0.446 e. The van der Waals surface area contributed by atoms with Crippen molar-refractivity contribution in [3.05, 3.63) is 23.4 Å². The fourth-order valence-electron chi connectivity index (χ4n) is 6.31. The standard InChI is InChI=1S/C22H28N4O3/c1-13-2-3-15(11-23)20(24-13)25-18-4-5-26(12-18)21(27)29-19-16-6-14-7-17(19)10-22(28,8-14)9-16/h2-3,14,16-19,28H,4-10,12H2,1H3,(H,24,25)/t14?,16-,17?,18?,19?,22?/m1/s1. The monoisotopic (exact) mass is 396 g/mol. The number of aliphatic hydroxyl groups is 1. The summed E-state index contributed by atoms with van der Waals surface area (Å²) in [7, 11) is 0. The van der Waals surface area contributed by atoms with Crippen LogP contribution >= 0.6 is 0 Å². The Hall–Kier alpha value is -2.33. The number of hydrogen-bond donors (Lipinski definition) is 2. The Morgan fingerprint density at radius 1 is 1.34 bits per heavy atom. The van der Waals surface area contributed by atoms with E-state index < -0.39 is 5.60 Å². The van der Waals surface area contributed by atoms with Gasteiger partial charge in [-0.3, -0.25) is 0 Å². The van der Waals surface area contributed by atoms with E-state index in [2.05, 4.69) is 16.4 Å². The van der Waals surface area contributed by atoms with Crippen molar-refractivity contribution in [1.29, 1.82) is 5.26 Å². The van der Waals surface area contributed by atoms with E-state index >= 15 is 0 Å². The average molecular weight is 396 g/mol. The van der Waals surface area contributed by atoms with E-state index in [0.29, 0.717) is 42.2 Å². The molecule has 1 aromatic heterocycles. The maximum Gasteiger partial charge on any atom is 0.410 e. The van der Waals surface area contributed by atoms with E-state index in [0.717, 1.165) is 44.2 Å². The number of anilines is 1. The Kier molecular flexibility index (Phi) is 4.43. The Labute approximate surface area is 171 Å². The smallest absolute Gasteiger partial charge is 0.410 e. The molecule has 5 unspecified atom stereocenters. The number of hydrogen-bond acceptors (Lipinski definition) is 6. The lowest BCUT2D eigenvalue weighted by Crippen LogP contribution is -2.58. The molecule has 29 heavy (non-hydrogen) atoms. The SMILES string of the molecule is Cc1ccc(C#N)c(NC2CCN(C(=O)OC3C4CC5C[C@@H]3CC(O)(C5)C4)C2)n1. The lowest BCUT2D eigenvalue weighted by Gasteiger charge is -2.57. The Bertz CT molecular complexity index is 850. The molecule has 4 saturated carbocycles. The first-order valence-electron chi connectivity index (χ1n) is 10.7. The molecule has 2 heterocycles. The minimum atomic E-state index is -0.513. The van der Waals surface area contributed by atoms with Gasteiger partial charge in [-0.05, 0) is 75.3 Å². The number of carbonyl (C=O) groups excluding carboxylic acids is 1. The van der Waals surface area contributed by atoms with Gasteiger partial charge in [-0.1, -0.05) is 0 Å². The van der Waals surface area contributed by atoms with Crippen LogP contribution in [-0.2, 0) is 4.74 Å². The highest BCUT2D eigenvalue weighted by Crippen LogP contribution is 2.56. The summed E-state index contributed by atoms with van der Waals surface area (Å²) in [4.78, 5) is 19.0. The van der Waals surface area contributed by atoms with Crippen LogP contribution in [0.1, 0.15) is 49.8 Å². The first-order valence-corrected chi connectivity index (χ1v) is 10.7. The first-order chi connectivity index (χ1) is 13.9. The van der Waals surface area contributed by atoms with Gasteiger partial charge in [-0.15, -0.1) is 0 Å². The zero-order valence-electron chi connectivity index (χ0n) is 16.8. The molecule has 1 aliphatic heterocycles. The third-order valence-electron chi connectivity index (χ3n) is 7.33. The van der Waals surface area contributed by atoms with Crippen LogP contribution in [-0.4, -0.2) is 51.9 Å². The Morgan fingerprint density at radius 2 is 2.10 bits per heavy atom. The van der Waals surface area contributed by atoms with Gasteiger partial charge in [-0.25, -0.2) is 9.78 Å². The van der Waals surface area contributed by atoms with E-state index in [1.165, 1.54) is 0 Å². The molecule has 0 radical (unpaired) electrons. The quantitative estimate of drug-likeness (QED) is 0.815. The van der Waals surface area contributed by atoms with Crippen molar-refractivity contribution in [1.82, 2.24) is 9.88 Å². The minimum Gasteiger partial charge on any atom is -0.446 e. The number of pyridine rings is 1. The summed E-state index contributed by atoms with van der Waals surface area (Å²) in [6, 6.07) is 5.82. The van der Waals surface area contributed by atoms with E-state index in [-0.39, 0.29) is 18.2 Å². The highest BCUT2D eigenvalue weighted by Gasteiger charge is 2.56. The summed E-state index contributed by atoms with van der Waals surface area (Å²) < 4.78 is 6.00. The van der Waals surface area contributed by atoms with Gasteiger partial charge in [0, 0.05) is 24.8 Å². The summed E-state index contributed by atoms with van der Waals surface area (Å²) in [6.07, 6.45) is 5.16. The minimum absolute atomic E-state index is 0.0463. The fraction of sp³-hybridized carbons (Fsp3) is 0.682. The number of nitrogens with one attached hydrogen (secondary N) is 1. The predicted molar refractivity (Wildman–Crippen MR) is 106 cm³/mol. The van der Waals surface area contributed by atoms with Crippen LogP contribution in [0, 0.1) is 36.0 Å². The molecule has 0 aromatic carbocycles. The van der Waals surface area contributed by atoms with Gasteiger partial charge in [0.2, 0.25) is 0 Å². The number of aromatic nitrogens is 1. The molecular formula is C22H28N4O3. The van der Waals surface area contributed by atoms with E-state index in [9.17, 15) is 15.2 Å². The Balaban J connectivity index is 1.20. The predicted octanol–water partition coefficient (Wildman–Crippen LogP) is 2.82. The molecule has 7 nitrogen and oxygen atoms in total. The topological polar surface area (TPSA) is 98.5 Å². The summed E-state index contributed by atoms with van der Waals surface area (Å²) >= 11 is 0. The van der Waals surface area contributed by atoms with Crippen molar-refractivity contribution in [3.8, 4) is 6.07 Å². The van der Waals surface area contributed by atoms with Gasteiger partial charge >= 0.3 is 6.09 Å². The molecule has 154 valence electrons. The second-order valence-electron chi connectivity index (χ2n) is 9.58. The molecule has 1 saturated heterocycles. The fourth-order valence-corrected chi connectivity index (χ4v) is 6.31. The van der Waals surface area contributed by atoms with Gasteiger partial charge in [0.15, 0.2) is 0 Å². The van der Waals surface area contributed by atoms with Crippen LogP contribution in [0.15, 0.2) is 12.1 Å². The molecule has 1 amide bonds. The highest BCUT2D eigenvalue weighted by atomic mass is 16.6. The molecule has 2 N–H and O–H groups in total. The molecule has 6 atom stereocenters. The van der Waals surface area contributed by atoms with Crippen LogP contribution in [0.3, 0.4) is 0 Å². The van der Waals surface area contributed by atoms with Crippen molar-refractivity contribution in [2.24, 2.45) is 17.8 Å². The van der Waals surface area contributed by atoms with Gasteiger partial charge in [-0.2, -0.15) is 5.26 Å². The number of nitriles is 1. The number of amides is 1. The van der Waals surface area contributed by atoms with E-state index in [4.69, 9.17) is 4.74 Å². The molecule has 5 aliphatic rings. The maximum absolute atomic E-state index is 12.8. The van der Waals surface area contributed by atoms with Gasteiger partial charge in [0.25, 0.3) is 0 Å². The van der Waals surface area contributed by atoms with Crippen molar-refractivity contribution < 1.29 is 14.6 Å². The van der Waals surface area contributed by atoms with E-state index in [1.807, 2.05) is 13.0 Å². The molecule has 4 bridgehead atoms. The first kappa shape index (κ1) is 18.7. The maximum atomic E-state index is 12.8. The van der Waals surface area contributed by atoms with Gasteiger partial charge in [0.1, 0.15) is 18.0 Å². The van der Waals surface area contributed by atoms with Crippen LogP contribution in [0.25, 0.3) is 0 Å². The van der Waals surface area contributed by atoms with Crippen LogP contribution < -0.4 is 5.32 Å². The lowest BCUT2D eigenvalue weighted by molar-refractivity contribution is -0.177. The Morgan fingerprint density at radius 3 is 2.79 bits per heavy atom. The summed E-state index contributed by atoms with van der Waals surface area (Å²) in [5.41, 5.74) is 0.855. The molecule has 0 spiro atoms.